The highest BCUT2D eigenvalue weighted by Gasteiger charge is 2.38. The molecule has 1 fully saturated rings. The van der Waals surface area contributed by atoms with Crippen LogP contribution in [-0.2, 0) is 11.0 Å². The van der Waals surface area contributed by atoms with Gasteiger partial charge in [-0.05, 0) is 18.3 Å². The van der Waals surface area contributed by atoms with E-state index in [1.165, 1.54) is 0 Å². The summed E-state index contributed by atoms with van der Waals surface area (Å²) < 4.78 is 10.6. The van der Waals surface area contributed by atoms with E-state index >= 15 is 0 Å². The molecule has 0 aliphatic heterocycles. The fourth-order valence-corrected chi connectivity index (χ4v) is 2.57. The van der Waals surface area contributed by atoms with Gasteiger partial charge in [-0.25, -0.2) is 4.21 Å². The second-order valence-corrected chi connectivity index (χ2v) is 4.85. The zero-order valence-electron chi connectivity index (χ0n) is 5.89. The monoisotopic (exact) mass is 147 g/mol. The van der Waals surface area contributed by atoms with E-state index in [4.69, 9.17) is 5.14 Å². The minimum absolute atomic E-state index is 0.278. The molecule has 1 saturated carbocycles. The van der Waals surface area contributed by atoms with E-state index in [0.29, 0.717) is 5.41 Å². The predicted octanol–water partition coefficient (Wildman–Crippen LogP) is 0.797. The highest BCUT2D eigenvalue weighted by Crippen LogP contribution is 2.41. The SMILES string of the molecule is CC1(C)CC(S(N)=O)C1. The van der Waals surface area contributed by atoms with Crippen molar-refractivity contribution in [2.24, 2.45) is 10.6 Å². The number of rotatable bonds is 1. The Labute approximate surface area is 58.4 Å². The van der Waals surface area contributed by atoms with Crippen LogP contribution >= 0.6 is 0 Å². The van der Waals surface area contributed by atoms with Crippen molar-refractivity contribution in [1.29, 1.82) is 0 Å². The van der Waals surface area contributed by atoms with Crippen molar-refractivity contribution < 1.29 is 4.21 Å². The Morgan fingerprint density at radius 1 is 1.56 bits per heavy atom. The van der Waals surface area contributed by atoms with Gasteiger partial charge < -0.3 is 0 Å². The van der Waals surface area contributed by atoms with Crippen LogP contribution in [0.5, 0.6) is 0 Å². The first-order valence-corrected chi connectivity index (χ1v) is 4.44. The molecular formula is C6H13NOS. The molecule has 0 aromatic rings. The Morgan fingerprint density at radius 2 is 2.00 bits per heavy atom. The summed E-state index contributed by atoms with van der Waals surface area (Å²) in [6, 6.07) is 0. The van der Waals surface area contributed by atoms with Gasteiger partial charge in [0.25, 0.3) is 0 Å². The molecule has 1 unspecified atom stereocenters. The maximum Gasteiger partial charge on any atom is 0.0920 e. The van der Waals surface area contributed by atoms with Gasteiger partial charge in [0.2, 0.25) is 0 Å². The van der Waals surface area contributed by atoms with Crippen molar-refractivity contribution in [1.82, 2.24) is 0 Å². The van der Waals surface area contributed by atoms with E-state index in [2.05, 4.69) is 13.8 Å². The Morgan fingerprint density at radius 3 is 2.11 bits per heavy atom. The van der Waals surface area contributed by atoms with E-state index < -0.39 is 11.0 Å². The first kappa shape index (κ1) is 7.22. The quantitative estimate of drug-likeness (QED) is 0.585. The maximum atomic E-state index is 10.6. The Balaban J connectivity index is 2.35. The third-order valence-corrected chi connectivity index (χ3v) is 2.88. The smallest absolute Gasteiger partial charge is 0.0920 e. The number of hydrogen-bond donors (Lipinski definition) is 1. The molecule has 2 nitrogen and oxygen atoms in total. The van der Waals surface area contributed by atoms with Crippen LogP contribution in [0.3, 0.4) is 0 Å². The first-order chi connectivity index (χ1) is 4.01. The molecule has 1 rings (SSSR count). The molecule has 3 heteroatoms. The van der Waals surface area contributed by atoms with Gasteiger partial charge in [0.1, 0.15) is 0 Å². The topological polar surface area (TPSA) is 43.1 Å². The Hall–Kier alpha value is 0.110. The van der Waals surface area contributed by atoms with Crippen LogP contribution in [0.1, 0.15) is 26.7 Å². The third-order valence-electron chi connectivity index (χ3n) is 1.89. The van der Waals surface area contributed by atoms with Gasteiger partial charge in [-0.2, -0.15) is 0 Å². The van der Waals surface area contributed by atoms with Crippen molar-refractivity contribution in [3.8, 4) is 0 Å². The van der Waals surface area contributed by atoms with Crippen molar-refractivity contribution >= 4 is 11.0 Å². The van der Waals surface area contributed by atoms with Crippen LogP contribution < -0.4 is 5.14 Å². The van der Waals surface area contributed by atoms with Crippen molar-refractivity contribution in [3.05, 3.63) is 0 Å². The summed E-state index contributed by atoms with van der Waals surface area (Å²) in [6.07, 6.45) is 2.05. The lowest BCUT2D eigenvalue weighted by atomic mass is 9.72. The Bertz CT molecular complexity index is 136. The standard InChI is InChI=1S/C6H13NOS/c1-6(2)3-5(4-6)9(7)8/h5H,3-4,7H2,1-2H3. The van der Waals surface area contributed by atoms with E-state index in [-0.39, 0.29) is 5.25 Å². The lowest BCUT2D eigenvalue weighted by Crippen LogP contribution is -2.41. The van der Waals surface area contributed by atoms with Gasteiger partial charge in [-0.3, -0.25) is 5.14 Å². The zero-order chi connectivity index (χ0) is 7.07. The van der Waals surface area contributed by atoms with E-state index in [9.17, 15) is 4.21 Å². The van der Waals surface area contributed by atoms with Gasteiger partial charge in [-0.1, -0.05) is 13.8 Å². The molecule has 1 atom stereocenters. The summed E-state index contributed by atoms with van der Waals surface area (Å²) in [7, 11) is -1.07. The molecule has 0 amide bonds. The van der Waals surface area contributed by atoms with Gasteiger partial charge in [0.15, 0.2) is 0 Å². The summed E-state index contributed by atoms with van der Waals surface area (Å²) in [5, 5.41) is 5.47. The van der Waals surface area contributed by atoms with Crippen molar-refractivity contribution in [3.63, 3.8) is 0 Å². The molecule has 1 aliphatic carbocycles. The second-order valence-electron chi connectivity index (χ2n) is 3.52. The van der Waals surface area contributed by atoms with E-state index in [1.807, 2.05) is 0 Å². The number of hydrogen-bond acceptors (Lipinski definition) is 1. The van der Waals surface area contributed by atoms with Crippen LogP contribution in [0.25, 0.3) is 0 Å². The molecule has 2 N–H and O–H groups in total. The van der Waals surface area contributed by atoms with Crippen molar-refractivity contribution in [2.75, 3.05) is 0 Å². The molecule has 0 aromatic heterocycles. The van der Waals surface area contributed by atoms with Crippen molar-refractivity contribution in [2.45, 2.75) is 31.9 Å². The molecule has 0 heterocycles. The molecule has 0 saturated heterocycles. The Kier molecular flexibility index (Phi) is 1.65. The third kappa shape index (κ3) is 1.52. The fraction of sp³-hybridized carbons (Fsp3) is 1.00. The molecule has 0 spiro atoms. The first-order valence-electron chi connectivity index (χ1n) is 3.16. The lowest BCUT2D eigenvalue weighted by molar-refractivity contribution is 0.198. The van der Waals surface area contributed by atoms with Gasteiger partial charge >= 0.3 is 0 Å². The minimum Gasteiger partial charge on any atom is -0.252 e. The van der Waals surface area contributed by atoms with E-state index in [1.54, 1.807) is 0 Å². The van der Waals surface area contributed by atoms with Crippen LogP contribution in [0.2, 0.25) is 0 Å². The summed E-state index contributed by atoms with van der Waals surface area (Å²) in [6.45, 7) is 4.35. The maximum absolute atomic E-state index is 10.6. The van der Waals surface area contributed by atoms with Crippen LogP contribution in [0.15, 0.2) is 0 Å². The average Bonchev–Trinajstić information content (AvgIpc) is 1.59. The highest BCUT2D eigenvalue weighted by atomic mass is 32.2. The molecule has 9 heavy (non-hydrogen) atoms. The summed E-state index contributed by atoms with van der Waals surface area (Å²) in [5.41, 5.74) is 0.402. The number of nitrogens with two attached hydrogens (primary N) is 1. The molecule has 0 aromatic carbocycles. The van der Waals surface area contributed by atoms with Crippen LogP contribution in [0, 0.1) is 5.41 Å². The molecule has 0 radical (unpaired) electrons. The lowest BCUT2D eigenvalue weighted by Gasteiger charge is -2.40. The normalized spacial score (nSPS) is 29.2. The second kappa shape index (κ2) is 2.06. The highest BCUT2D eigenvalue weighted by molar-refractivity contribution is 7.83. The molecule has 54 valence electrons. The summed E-state index contributed by atoms with van der Waals surface area (Å²) in [5.74, 6) is 0. The van der Waals surface area contributed by atoms with Gasteiger partial charge in [-0.15, -0.1) is 0 Å². The van der Waals surface area contributed by atoms with Crippen LogP contribution in [-0.4, -0.2) is 9.46 Å². The van der Waals surface area contributed by atoms with Crippen LogP contribution in [0.4, 0.5) is 0 Å². The molecular weight excluding hydrogens is 134 g/mol. The summed E-state index contributed by atoms with van der Waals surface area (Å²) >= 11 is 0. The fourth-order valence-electron chi connectivity index (χ4n) is 1.34. The minimum atomic E-state index is -1.07. The average molecular weight is 147 g/mol. The molecule has 1 aliphatic rings. The van der Waals surface area contributed by atoms with Gasteiger partial charge in [0.05, 0.1) is 11.0 Å². The van der Waals surface area contributed by atoms with Gasteiger partial charge in [0, 0.05) is 5.25 Å². The summed E-state index contributed by atoms with van der Waals surface area (Å²) in [4.78, 5) is 0. The predicted molar refractivity (Wildman–Crippen MR) is 39.1 cm³/mol. The largest absolute Gasteiger partial charge is 0.252 e. The van der Waals surface area contributed by atoms with E-state index in [0.717, 1.165) is 12.8 Å². The zero-order valence-corrected chi connectivity index (χ0v) is 6.70. The molecule has 0 bridgehead atoms.